The lowest BCUT2D eigenvalue weighted by atomic mass is 9.91. The minimum Gasteiger partial charge on any atom is -0.444 e. The highest BCUT2D eigenvalue weighted by atomic mass is 32.2. The van der Waals surface area contributed by atoms with Crippen LogP contribution in [0.3, 0.4) is 0 Å². The largest absolute Gasteiger partial charge is 0.444 e. The van der Waals surface area contributed by atoms with E-state index in [1.54, 1.807) is 6.92 Å². The van der Waals surface area contributed by atoms with Crippen LogP contribution in [-0.4, -0.2) is 51.0 Å². The molecule has 136 valence electrons. The molecule has 1 amide bonds. The molecule has 2 atom stereocenters. The minimum absolute atomic E-state index is 0.0708. The highest BCUT2D eigenvalue weighted by Crippen LogP contribution is 2.19. The summed E-state index contributed by atoms with van der Waals surface area (Å²) in [7, 11) is -3.19. The molecule has 1 aliphatic carbocycles. The lowest BCUT2D eigenvalue weighted by Crippen LogP contribution is -2.46. The van der Waals surface area contributed by atoms with Crippen molar-refractivity contribution in [1.82, 2.24) is 15.4 Å². The Morgan fingerprint density at radius 1 is 1.22 bits per heavy atom. The molecule has 3 N–H and O–H groups in total. The van der Waals surface area contributed by atoms with Crippen LogP contribution < -0.4 is 15.4 Å². The zero-order valence-corrected chi connectivity index (χ0v) is 15.5. The fourth-order valence-electron chi connectivity index (χ4n) is 2.67. The van der Waals surface area contributed by atoms with Crippen LogP contribution in [0.4, 0.5) is 4.79 Å². The third kappa shape index (κ3) is 9.12. The molecular formula is C15H31N3O4S. The van der Waals surface area contributed by atoms with E-state index in [4.69, 9.17) is 4.74 Å². The second-order valence-corrected chi connectivity index (χ2v) is 8.90. The summed E-state index contributed by atoms with van der Waals surface area (Å²) in [6.07, 6.45) is 3.32. The number of sulfonamides is 1. The predicted octanol–water partition coefficient (Wildman–Crippen LogP) is 1.35. The van der Waals surface area contributed by atoms with Gasteiger partial charge in [0, 0.05) is 25.2 Å². The van der Waals surface area contributed by atoms with Crippen LogP contribution in [0.25, 0.3) is 0 Å². The Kier molecular flexibility index (Phi) is 7.76. The molecule has 1 aliphatic rings. The first-order chi connectivity index (χ1) is 10.6. The third-order valence-corrected chi connectivity index (χ3v) is 5.03. The van der Waals surface area contributed by atoms with Gasteiger partial charge in [-0.15, -0.1) is 0 Å². The van der Waals surface area contributed by atoms with Gasteiger partial charge in [-0.25, -0.2) is 17.9 Å². The molecule has 0 aromatic rings. The molecule has 2 unspecified atom stereocenters. The fraction of sp³-hybridized carbons (Fsp3) is 0.933. The molecule has 0 radical (unpaired) electrons. The Hall–Kier alpha value is -0.860. The maximum Gasteiger partial charge on any atom is 0.407 e. The van der Waals surface area contributed by atoms with Crippen molar-refractivity contribution in [2.45, 2.75) is 71.1 Å². The summed E-state index contributed by atoms with van der Waals surface area (Å²) in [5.74, 6) is 0.0709. The zero-order chi connectivity index (χ0) is 17.5. The van der Waals surface area contributed by atoms with E-state index in [0.717, 1.165) is 25.7 Å². The first-order valence-electron chi connectivity index (χ1n) is 8.31. The van der Waals surface area contributed by atoms with Crippen molar-refractivity contribution in [2.24, 2.45) is 0 Å². The van der Waals surface area contributed by atoms with Gasteiger partial charge < -0.3 is 15.4 Å². The van der Waals surface area contributed by atoms with Gasteiger partial charge in [0.15, 0.2) is 0 Å². The number of carbonyl (C=O) groups excluding carboxylic acids is 1. The molecule has 0 aromatic heterocycles. The monoisotopic (exact) mass is 349 g/mol. The number of alkyl carbamates (subject to hydrolysis) is 1. The van der Waals surface area contributed by atoms with Crippen LogP contribution in [0.15, 0.2) is 0 Å². The van der Waals surface area contributed by atoms with Crippen molar-refractivity contribution in [3.8, 4) is 0 Å². The van der Waals surface area contributed by atoms with E-state index in [9.17, 15) is 13.2 Å². The SMILES string of the molecule is CCNS(=O)(=O)CCNC1CCCC(NC(=O)OC(C)(C)C)C1. The summed E-state index contributed by atoms with van der Waals surface area (Å²) in [6.45, 7) is 8.10. The van der Waals surface area contributed by atoms with E-state index < -0.39 is 21.7 Å². The summed E-state index contributed by atoms with van der Waals surface area (Å²) in [5.41, 5.74) is -0.503. The molecule has 0 saturated heterocycles. The second-order valence-electron chi connectivity index (χ2n) is 6.98. The average Bonchev–Trinajstić information content (AvgIpc) is 2.36. The van der Waals surface area contributed by atoms with E-state index >= 15 is 0 Å². The van der Waals surface area contributed by atoms with Crippen LogP contribution in [-0.2, 0) is 14.8 Å². The molecule has 8 heteroatoms. The lowest BCUT2D eigenvalue weighted by molar-refractivity contribution is 0.0489. The Morgan fingerprint density at radius 2 is 1.87 bits per heavy atom. The van der Waals surface area contributed by atoms with Crippen molar-refractivity contribution >= 4 is 16.1 Å². The van der Waals surface area contributed by atoms with Crippen LogP contribution >= 0.6 is 0 Å². The molecule has 1 fully saturated rings. The molecule has 0 heterocycles. The fourth-order valence-corrected chi connectivity index (χ4v) is 3.64. The standard InChI is InChI=1S/C15H31N3O4S/c1-5-17-23(20,21)10-9-16-12-7-6-8-13(11-12)18-14(19)22-15(2,3)4/h12-13,16-17H,5-11H2,1-4H3,(H,18,19). The Balaban J connectivity index is 2.33. The van der Waals surface area contributed by atoms with E-state index in [2.05, 4.69) is 15.4 Å². The topological polar surface area (TPSA) is 96.5 Å². The molecule has 7 nitrogen and oxygen atoms in total. The number of hydrogen-bond acceptors (Lipinski definition) is 5. The summed E-state index contributed by atoms with van der Waals surface area (Å²) in [4.78, 5) is 11.8. The second kappa shape index (κ2) is 8.84. The van der Waals surface area contributed by atoms with Gasteiger partial charge in [0.2, 0.25) is 10.0 Å². The molecule has 23 heavy (non-hydrogen) atoms. The molecule has 0 aromatic carbocycles. The van der Waals surface area contributed by atoms with Gasteiger partial charge in [0.25, 0.3) is 0 Å². The number of rotatable bonds is 7. The lowest BCUT2D eigenvalue weighted by Gasteiger charge is -2.31. The molecule has 0 aliphatic heterocycles. The highest BCUT2D eigenvalue weighted by Gasteiger charge is 2.25. The third-order valence-electron chi connectivity index (χ3n) is 3.56. The summed E-state index contributed by atoms with van der Waals surface area (Å²) in [6, 6.07) is 0.294. The molecule has 0 bridgehead atoms. The van der Waals surface area contributed by atoms with Gasteiger partial charge in [-0.05, 0) is 46.5 Å². The van der Waals surface area contributed by atoms with Crippen LogP contribution in [0.1, 0.15) is 53.4 Å². The molecular weight excluding hydrogens is 318 g/mol. The Bertz CT molecular complexity index is 474. The molecule has 0 spiro atoms. The minimum atomic E-state index is -3.19. The number of carbonyl (C=O) groups is 1. The normalized spacial score (nSPS) is 22.6. The molecule has 1 rings (SSSR count). The van der Waals surface area contributed by atoms with Crippen molar-refractivity contribution in [3.05, 3.63) is 0 Å². The summed E-state index contributed by atoms with van der Waals surface area (Å²) in [5, 5.41) is 6.18. The smallest absolute Gasteiger partial charge is 0.407 e. The van der Waals surface area contributed by atoms with E-state index in [1.165, 1.54) is 0 Å². The van der Waals surface area contributed by atoms with Gasteiger partial charge in [0.05, 0.1) is 5.75 Å². The van der Waals surface area contributed by atoms with Crippen molar-refractivity contribution in [2.75, 3.05) is 18.8 Å². The maximum absolute atomic E-state index is 11.8. The van der Waals surface area contributed by atoms with Gasteiger partial charge in [-0.2, -0.15) is 0 Å². The summed E-state index contributed by atoms with van der Waals surface area (Å²) < 4.78 is 30.9. The number of hydrogen-bond donors (Lipinski definition) is 3. The first-order valence-corrected chi connectivity index (χ1v) is 9.97. The van der Waals surface area contributed by atoms with Crippen molar-refractivity contribution < 1.29 is 17.9 Å². The molecule has 1 saturated carbocycles. The van der Waals surface area contributed by atoms with Crippen LogP contribution in [0.2, 0.25) is 0 Å². The average molecular weight is 349 g/mol. The van der Waals surface area contributed by atoms with Gasteiger partial charge in [0.1, 0.15) is 5.60 Å². The number of nitrogens with one attached hydrogen (secondary N) is 3. The quantitative estimate of drug-likeness (QED) is 0.645. The maximum atomic E-state index is 11.8. The highest BCUT2D eigenvalue weighted by molar-refractivity contribution is 7.89. The number of amides is 1. The zero-order valence-electron chi connectivity index (χ0n) is 14.6. The van der Waals surface area contributed by atoms with Crippen LogP contribution in [0.5, 0.6) is 0 Å². The Labute approximate surface area is 140 Å². The Morgan fingerprint density at radius 3 is 2.48 bits per heavy atom. The van der Waals surface area contributed by atoms with E-state index in [-0.39, 0.29) is 17.8 Å². The van der Waals surface area contributed by atoms with E-state index in [0.29, 0.717) is 13.1 Å². The number of ether oxygens (including phenoxy) is 1. The van der Waals surface area contributed by atoms with Gasteiger partial charge >= 0.3 is 6.09 Å². The van der Waals surface area contributed by atoms with E-state index in [1.807, 2.05) is 20.8 Å². The predicted molar refractivity (Wildman–Crippen MR) is 90.9 cm³/mol. The summed E-state index contributed by atoms with van der Waals surface area (Å²) >= 11 is 0. The first kappa shape index (κ1) is 20.2. The van der Waals surface area contributed by atoms with Crippen molar-refractivity contribution in [1.29, 1.82) is 0 Å². The van der Waals surface area contributed by atoms with Crippen LogP contribution in [0, 0.1) is 0 Å². The van der Waals surface area contributed by atoms with Crippen molar-refractivity contribution in [3.63, 3.8) is 0 Å². The van der Waals surface area contributed by atoms with Gasteiger partial charge in [-0.1, -0.05) is 6.92 Å². The van der Waals surface area contributed by atoms with Gasteiger partial charge in [-0.3, -0.25) is 0 Å².